The number of hydrogen-bond acceptors (Lipinski definition) is 6. The highest BCUT2D eigenvalue weighted by molar-refractivity contribution is 5.86. The number of aryl methyl sites for hydroxylation is 1. The third kappa shape index (κ3) is 2.36. The third-order valence-corrected chi connectivity index (χ3v) is 3.92. The van der Waals surface area contributed by atoms with E-state index in [1.165, 1.54) is 0 Å². The number of nitrogen functional groups attached to an aromatic ring is 2. The smallest absolute Gasteiger partial charge is 0.222 e. The normalized spacial score (nSPS) is 11.2. The molecular weight excluding hydrogens is 304 g/mol. The highest BCUT2D eigenvalue weighted by atomic mass is 16.3. The van der Waals surface area contributed by atoms with Gasteiger partial charge in [0.2, 0.25) is 5.95 Å². The summed E-state index contributed by atoms with van der Waals surface area (Å²) >= 11 is 0. The Morgan fingerprint density at radius 1 is 1.17 bits per heavy atom. The predicted octanol–water partition coefficient (Wildman–Crippen LogP) is 2.61. The summed E-state index contributed by atoms with van der Waals surface area (Å²) in [5.41, 5.74) is 16.6. The van der Waals surface area contributed by atoms with E-state index >= 15 is 0 Å². The Morgan fingerprint density at radius 3 is 2.79 bits per heavy atom. The molecular formula is C17H16N6O. The lowest BCUT2D eigenvalue weighted by Gasteiger charge is -2.07. The Morgan fingerprint density at radius 2 is 2.04 bits per heavy atom. The van der Waals surface area contributed by atoms with Crippen LogP contribution in [0.4, 0.5) is 11.6 Å². The average Bonchev–Trinajstić information content (AvgIpc) is 3.21. The number of rotatable bonds is 3. The summed E-state index contributed by atoms with van der Waals surface area (Å²) in [4.78, 5) is 13.1. The molecule has 3 heterocycles. The first-order valence-corrected chi connectivity index (χ1v) is 7.49. The minimum Gasteiger partial charge on any atom is -0.463 e. The molecule has 0 fully saturated rings. The molecule has 4 aromatic rings. The quantitative estimate of drug-likeness (QED) is 0.562. The van der Waals surface area contributed by atoms with Gasteiger partial charge in [-0.2, -0.15) is 4.98 Å². The molecule has 0 saturated heterocycles. The minimum atomic E-state index is 0.184. The zero-order valence-corrected chi connectivity index (χ0v) is 13.1. The van der Waals surface area contributed by atoms with Crippen molar-refractivity contribution >= 4 is 22.8 Å². The van der Waals surface area contributed by atoms with E-state index in [1.54, 1.807) is 18.7 Å². The second kappa shape index (κ2) is 5.38. The van der Waals surface area contributed by atoms with E-state index in [-0.39, 0.29) is 5.95 Å². The van der Waals surface area contributed by atoms with Crippen molar-refractivity contribution in [3.63, 3.8) is 0 Å². The Labute approximate surface area is 138 Å². The molecule has 3 aromatic heterocycles. The summed E-state index contributed by atoms with van der Waals surface area (Å²) in [5.74, 6) is 0.798. The molecule has 0 aliphatic carbocycles. The predicted molar refractivity (Wildman–Crippen MR) is 92.1 cm³/mol. The van der Waals surface area contributed by atoms with Crippen LogP contribution >= 0.6 is 0 Å². The number of imidazole rings is 1. The number of benzene rings is 1. The molecule has 0 aliphatic rings. The van der Waals surface area contributed by atoms with Gasteiger partial charge in [0.05, 0.1) is 19.1 Å². The van der Waals surface area contributed by atoms with Crippen molar-refractivity contribution in [1.29, 1.82) is 0 Å². The van der Waals surface area contributed by atoms with Gasteiger partial charge < -0.3 is 20.5 Å². The van der Waals surface area contributed by atoms with Crippen LogP contribution in [-0.2, 0) is 6.54 Å². The van der Waals surface area contributed by atoms with Crippen LogP contribution in [0.1, 0.15) is 11.1 Å². The molecule has 0 unspecified atom stereocenters. The van der Waals surface area contributed by atoms with Crippen LogP contribution < -0.4 is 11.5 Å². The van der Waals surface area contributed by atoms with E-state index in [4.69, 9.17) is 15.9 Å². The lowest BCUT2D eigenvalue weighted by atomic mass is 10.1. The van der Waals surface area contributed by atoms with Crippen molar-refractivity contribution in [2.24, 2.45) is 0 Å². The Balaban J connectivity index is 1.81. The molecule has 24 heavy (non-hydrogen) atoms. The summed E-state index contributed by atoms with van der Waals surface area (Å²) < 4.78 is 7.37. The van der Waals surface area contributed by atoms with E-state index < -0.39 is 0 Å². The molecule has 4 N–H and O–H groups in total. The first-order valence-electron chi connectivity index (χ1n) is 7.49. The largest absolute Gasteiger partial charge is 0.463 e. The fourth-order valence-corrected chi connectivity index (χ4v) is 2.69. The van der Waals surface area contributed by atoms with Gasteiger partial charge in [-0.3, -0.25) is 0 Å². The minimum absolute atomic E-state index is 0.184. The van der Waals surface area contributed by atoms with E-state index in [2.05, 4.69) is 21.0 Å². The fraction of sp³-hybridized carbons (Fsp3) is 0.118. The molecule has 4 rings (SSSR count). The zero-order valence-electron chi connectivity index (χ0n) is 13.1. The molecule has 0 radical (unpaired) electrons. The van der Waals surface area contributed by atoms with Crippen molar-refractivity contribution < 1.29 is 4.42 Å². The van der Waals surface area contributed by atoms with E-state index in [1.807, 2.05) is 29.7 Å². The van der Waals surface area contributed by atoms with Gasteiger partial charge in [-0.15, -0.1) is 0 Å². The fourth-order valence-electron chi connectivity index (χ4n) is 2.69. The number of hydrogen-bond donors (Lipinski definition) is 2. The molecule has 0 atom stereocenters. The summed E-state index contributed by atoms with van der Waals surface area (Å²) in [5, 5.41) is 0. The van der Waals surface area contributed by atoms with E-state index in [0.29, 0.717) is 29.2 Å². The maximum absolute atomic E-state index is 5.88. The van der Waals surface area contributed by atoms with Crippen molar-refractivity contribution in [1.82, 2.24) is 19.5 Å². The second-order valence-electron chi connectivity index (χ2n) is 5.64. The van der Waals surface area contributed by atoms with Crippen LogP contribution in [0.25, 0.3) is 22.6 Å². The highest BCUT2D eigenvalue weighted by Crippen LogP contribution is 2.26. The zero-order chi connectivity index (χ0) is 16.7. The van der Waals surface area contributed by atoms with Crippen LogP contribution in [0.3, 0.4) is 0 Å². The van der Waals surface area contributed by atoms with E-state index in [0.717, 1.165) is 16.8 Å². The molecule has 1 aromatic carbocycles. The van der Waals surface area contributed by atoms with Crippen molar-refractivity contribution in [3.8, 4) is 11.5 Å². The molecule has 0 saturated carbocycles. The molecule has 0 amide bonds. The highest BCUT2D eigenvalue weighted by Gasteiger charge is 2.15. The molecule has 0 spiro atoms. The third-order valence-electron chi connectivity index (χ3n) is 3.92. The molecule has 7 nitrogen and oxygen atoms in total. The summed E-state index contributed by atoms with van der Waals surface area (Å²) in [6.07, 6.45) is 3.32. The van der Waals surface area contributed by atoms with Gasteiger partial charge in [0, 0.05) is 5.69 Å². The number of fused-ring (bicyclic) bond motifs is 1. The van der Waals surface area contributed by atoms with Crippen LogP contribution in [-0.4, -0.2) is 19.5 Å². The number of nitrogens with two attached hydrogens (primary N) is 2. The first kappa shape index (κ1) is 14.3. The Kier molecular flexibility index (Phi) is 3.19. The van der Waals surface area contributed by atoms with Crippen LogP contribution in [0.15, 0.2) is 47.3 Å². The second-order valence-corrected chi connectivity index (χ2v) is 5.64. The maximum atomic E-state index is 5.88. The van der Waals surface area contributed by atoms with Crippen LogP contribution in [0.2, 0.25) is 0 Å². The topological polar surface area (TPSA) is 109 Å². The Hall–Kier alpha value is -3.35. The summed E-state index contributed by atoms with van der Waals surface area (Å²) in [6.45, 7) is 2.60. The first-order chi connectivity index (χ1) is 11.6. The molecule has 7 heteroatoms. The van der Waals surface area contributed by atoms with E-state index in [9.17, 15) is 0 Å². The van der Waals surface area contributed by atoms with Gasteiger partial charge in [-0.05, 0) is 36.2 Å². The molecule has 0 aliphatic heterocycles. The van der Waals surface area contributed by atoms with Gasteiger partial charge in [-0.25, -0.2) is 9.97 Å². The summed E-state index contributed by atoms with van der Waals surface area (Å²) in [7, 11) is 0. The monoisotopic (exact) mass is 320 g/mol. The van der Waals surface area contributed by atoms with Gasteiger partial charge in [0.1, 0.15) is 11.2 Å². The lowest BCUT2D eigenvalue weighted by Crippen LogP contribution is -2.03. The standard InChI is InChI=1S/C17H16N6O/c1-10-7-11(4-5-12(10)18)8-23-9-20-15-14(13-3-2-6-24-13)21-17(19)22-16(15)23/h2-7,9H,8,18H2,1H3,(H2,19,21,22). The average molecular weight is 320 g/mol. The van der Waals surface area contributed by atoms with Crippen LogP contribution in [0.5, 0.6) is 0 Å². The molecule has 0 bridgehead atoms. The van der Waals surface area contributed by atoms with Crippen molar-refractivity contribution in [2.45, 2.75) is 13.5 Å². The van der Waals surface area contributed by atoms with Crippen molar-refractivity contribution in [3.05, 3.63) is 54.0 Å². The van der Waals surface area contributed by atoms with Crippen LogP contribution in [0, 0.1) is 6.92 Å². The SMILES string of the molecule is Cc1cc(Cn2cnc3c(-c4ccco4)nc(N)nc32)ccc1N. The number of nitrogens with zero attached hydrogens (tertiary/aromatic N) is 4. The van der Waals surface area contributed by atoms with Gasteiger partial charge in [0.15, 0.2) is 11.4 Å². The van der Waals surface area contributed by atoms with Crippen molar-refractivity contribution in [2.75, 3.05) is 11.5 Å². The number of furan rings is 1. The number of anilines is 2. The Bertz CT molecular complexity index is 1020. The summed E-state index contributed by atoms with van der Waals surface area (Å²) in [6, 6.07) is 9.57. The van der Waals surface area contributed by atoms with Gasteiger partial charge in [-0.1, -0.05) is 12.1 Å². The van der Waals surface area contributed by atoms with Gasteiger partial charge >= 0.3 is 0 Å². The molecule has 120 valence electrons. The number of aromatic nitrogens is 4. The maximum Gasteiger partial charge on any atom is 0.222 e. The van der Waals surface area contributed by atoms with Gasteiger partial charge in [0.25, 0.3) is 0 Å². The lowest BCUT2D eigenvalue weighted by molar-refractivity contribution is 0.580.